The van der Waals surface area contributed by atoms with Crippen molar-refractivity contribution in [2.45, 2.75) is 38.5 Å². The Labute approximate surface area is 83.9 Å². The summed E-state index contributed by atoms with van der Waals surface area (Å²) in [6.45, 7) is 4.20. The molecule has 0 fully saturated rings. The van der Waals surface area contributed by atoms with Gasteiger partial charge in [0.2, 0.25) is 0 Å². The highest BCUT2D eigenvalue weighted by atomic mass is 16.1. The zero-order valence-electron chi connectivity index (χ0n) is 8.66. The van der Waals surface area contributed by atoms with Gasteiger partial charge in [0.05, 0.1) is 6.20 Å². The molecule has 0 spiro atoms. The second kappa shape index (κ2) is 3.56. The van der Waals surface area contributed by atoms with Gasteiger partial charge < -0.3 is 4.79 Å². The highest BCUT2D eigenvalue weighted by molar-refractivity contribution is 5.55. The van der Waals surface area contributed by atoms with Crippen LogP contribution in [0.4, 0.5) is 0 Å². The lowest BCUT2D eigenvalue weighted by Crippen LogP contribution is -2.18. The molecule has 0 saturated heterocycles. The quantitative estimate of drug-likeness (QED) is 0.730. The first-order valence-corrected chi connectivity index (χ1v) is 5.22. The third-order valence-electron chi connectivity index (χ3n) is 3.35. The summed E-state index contributed by atoms with van der Waals surface area (Å²) in [5.41, 5.74) is 2.48. The Bertz CT molecular complexity index is 332. The summed E-state index contributed by atoms with van der Waals surface area (Å²) in [7, 11) is 0. The maximum atomic E-state index is 10.8. The number of aromatic amines is 1. The van der Waals surface area contributed by atoms with Gasteiger partial charge >= 0.3 is 0 Å². The monoisotopic (exact) mass is 192 g/mol. The van der Waals surface area contributed by atoms with E-state index in [0.717, 1.165) is 19.1 Å². The summed E-state index contributed by atoms with van der Waals surface area (Å²) < 4.78 is 0. The fraction of sp³-hybridized carbons (Fsp3) is 0.636. The zero-order chi connectivity index (χ0) is 10.1. The number of fused-ring (bicyclic) bond motifs is 1. The predicted octanol–water partition coefficient (Wildman–Crippen LogP) is 2.23. The summed E-state index contributed by atoms with van der Waals surface area (Å²) in [5, 5.41) is 7.13. The Morgan fingerprint density at radius 1 is 1.64 bits per heavy atom. The zero-order valence-corrected chi connectivity index (χ0v) is 8.66. The van der Waals surface area contributed by atoms with Crippen LogP contribution in [0.2, 0.25) is 0 Å². The maximum Gasteiger partial charge on any atom is 0.123 e. The maximum absolute atomic E-state index is 10.8. The average Bonchev–Trinajstić information content (AvgIpc) is 2.67. The van der Waals surface area contributed by atoms with Crippen LogP contribution in [-0.2, 0) is 4.79 Å². The van der Waals surface area contributed by atoms with Gasteiger partial charge in [0.15, 0.2) is 0 Å². The van der Waals surface area contributed by atoms with Crippen LogP contribution in [0.1, 0.15) is 49.8 Å². The van der Waals surface area contributed by atoms with Crippen LogP contribution in [0.3, 0.4) is 0 Å². The van der Waals surface area contributed by atoms with E-state index in [1.54, 1.807) is 0 Å². The Hall–Kier alpha value is -1.12. The van der Waals surface area contributed by atoms with Gasteiger partial charge in [0.25, 0.3) is 0 Å². The second-order valence-electron chi connectivity index (χ2n) is 4.32. The van der Waals surface area contributed by atoms with Gasteiger partial charge in [-0.2, -0.15) is 5.10 Å². The second-order valence-corrected chi connectivity index (χ2v) is 4.32. The largest absolute Gasteiger partial charge is 0.303 e. The summed E-state index contributed by atoms with van der Waals surface area (Å²) in [5.74, 6) is 1.04. The lowest BCUT2D eigenvalue weighted by Gasteiger charge is -2.28. The smallest absolute Gasteiger partial charge is 0.123 e. The minimum atomic E-state index is 0.110. The van der Waals surface area contributed by atoms with Crippen molar-refractivity contribution in [1.29, 1.82) is 0 Å². The molecule has 14 heavy (non-hydrogen) atoms. The Morgan fingerprint density at radius 3 is 3.14 bits per heavy atom. The molecular weight excluding hydrogens is 176 g/mol. The first-order valence-electron chi connectivity index (χ1n) is 5.22. The number of hydrogen-bond donors (Lipinski definition) is 1. The lowest BCUT2D eigenvalue weighted by atomic mass is 9.76. The van der Waals surface area contributed by atoms with Gasteiger partial charge in [-0.05, 0) is 30.2 Å². The number of nitrogens with one attached hydrogen (secondary N) is 1. The van der Waals surface area contributed by atoms with E-state index in [-0.39, 0.29) is 5.92 Å². The molecule has 1 aliphatic carbocycles. The Kier molecular flexibility index (Phi) is 2.40. The summed E-state index contributed by atoms with van der Waals surface area (Å²) in [6, 6.07) is 0. The molecule has 1 aromatic rings. The van der Waals surface area contributed by atoms with E-state index in [1.165, 1.54) is 11.3 Å². The number of aldehydes is 1. The Morgan fingerprint density at radius 2 is 2.43 bits per heavy atom. The molecule has 3 nitrogen and oxygen atoms in total. The van der Waals surface area contributed by atoms with E-state index in [1.807, 2.05) is 13.1 Å². The van der Waals surface area contributed by atoms with Crippen molar-refractivity contribution in [3.8, 4) is 0 Å². The van der Waals surface area contributed by atoms with E-state index in [4.69, 9.17) is 0 Å². The molecule has 0 amide bonds. The molecule has 1 N–H and O–H groups in total. The number of nitrogens with zero attached hydrogens (tertiary/aromatic N) is 1. The van der Waals surface area contributed by atoms with Crippen LogP contribution in [-0.4, -0.2) is 16.5 Å². The number of hydrogen-bond acceptors (Lipinski definition) is 2. The van der Waals surface area contributed by atoms with E-state index >= 15 is 0 Å². The van der Waals surface area contributed by atoms with Crippen molar-refractivity contribution in [1.82, 2.24) is 10.2 Å². The molecule has 3 atom stereocenters. The molecular formula is C11H16N2O. The molecule has 1 heterocycles. The lowest BCUT2D eigenvalue weighted by molar-refractivity contribution is -0.111. The first-order chi connectivity index (χ1) is 6.74. The van der Waals surface area contributed by atoms with Crippen LogP contribution in [0.5, 0.6) is 0 Å². The van der Waals surface area contributed by atoms with Crippen molar-refractivity contribution < 1.29 is 4.79 Å². The first kappa shape index (κ1) is 9.44. The predicted molar refractivity (Wildman–Crippen MR) is 54.2 cm³/mol. The van der Waals surface area contributed by atoms with Crippen molar-refractivity contribution in [3.05, 3.63) is 17.5 Å². The molecule has 3 heteroatoms. The van der Waals surface area contributed by atoms with Gasteiger partial charge in [0.1, 0.15) is 6.29 Å². The molecule has 76 valence electrons. The Balaban J connectivity index is 2.33. The topological polar surface area (TPSA) is 45.8 Å². The van der Waals surface area contributed by atoms with Crippen molar-refractivity contribution in [3.63, 3.8) is 0 Å². The van der Waals surface area contributed by atoms with E-state index < -0.39 is 0 Å². The van der Waals surface area contributed by atoms with Crippen molar-refractivity contribution in [2.75, 3.05) is 0 Å². The summed E-state index contributed by atoms with van der Waals surface area (Å²) in [6.07, 6.45) is 5.19. The number of carbonyl (C=O) groups is 1. The molecule has 3 unspecified atom stereocenters. The summed E-state index contributed by atoms with van der Waals surface area (Å²) in [4.78, 5) is 10.8. The van der Waals surface area contributed by atoms with Crippen LogP contribution in [0, 0.1) is 5.92 Å². The van der Waals surface area contributed by atoms with Crippen molar-refractivity contribution >= 4 is 6.29 Å². The van der Waals surface area contributed by atoms with Gasteiger partial charge in [-0.1, -0.05) is 13.8 Å². The van der Waals surface area contributed by atoms with Crippen LogP contribution < -0.4 is 0 Å². The van der Waals surface area contributed by atoms with Gasteiger partial charge in [-0.15, -0.1) is 0 Å². The average molecular weight is 192 g/mol. The van der Waals surface area contributed by atoms with E-state index in [9.17, 15) is 4.79 Å². The van der Waals surface area contributed by atoms with Crippen molar-refractivity contribution in [2.24, 2.45) is 5.92 Å². The van der Waals surface area contributed by atoms with Gasteiger partial charge in [-0.25, -0.2) is 0 Å². The minimum Gasteiger partial charge on any atom is -0.303 e. The highest BCUT2D eigenvalue weighted by Gasteiger charge is 2.29. The summed E-state index contributed by atoms with van der Waals surface area (Å²) >= 11 is 0. The fourth-order valence-corrected chi connectivity index (χ4v) is 2.37. The molecule has 1 aromatic heterocycles. The third kappa shape index (κ3) is 1.37. The molecule has 0 bridgehead atoms. The van der Waals surface area contributed by atoms with Crippen LogP contribution in [0.25, 0.3) is 0 Å². The van der Waals surface area contributed by atoms with E-state index in [0.29, 0.717) is 11.8 Å². The standard InChI is InChI=1S/C11H16N2O/c1-7-3-4-9(8(2)6-14)10-5-12-13-11(7)10/h5-9H,3-4H2,1-2H3,(H,12,13). The van der Waals surface area contributed by atoms with Crippen LogP contribution in [0.15, 0.2) is 6.20 Å². The number of carbonyl (C=O) groups excluding carboxylic acids is 1. The SMILES string of the molecule is CC1CCC(C(C)C=O)c2cn[nH]c21. The van der Waals surface area contributed by atoms with Gasteiger partial charge in [0, 0.05) is 11.6 Å². The third-order valence-corrected chi connectivity index (χ3v) is 3.35. The molecule has 0 aliphatic heterocycles. The number of H-pyrrole nitrogens is 1. The van der Waals surface area contributed by atoms with E-state index in [2.05, 4.69) is 17.1 Å². The highest BCUT2D eigenvalue weighted by Crippen LogP contribution is 2.40. The van der Waals surface area contributed by atoms with Gasteiger partial charge in [-0.3, -0.25) is 5.10 Å². The van der Waals surface area contributed by atoms with Crippen LogP contribution >= 0.6 is 0 Å². The molecule has 0 radical (unpaired) electrons. The normalized spacial score (nSPS) is 28.1. The minimum absolute atomic E-state index is 0.110. The molecule has 0 saturated carbocycles. The molecule has 1 aliphatic rings. The number of aromatic nitrogens is 2. The number of rotatable bonds is 2. The fourth-order valence-electron chi connectivity index (χ4n) is 2.37. The molecule has 0 aromatic carbocycles. The molecule has 2 rings (SSSR count).